The summed E-state index contributed by atoms with van der Waals surface area (Å²) in [7, 11) is -3.72. The van der Waals surface area contributed by atoms with E-state index in [9.17, 15) is 13.2 Å². The molecule has 3 rings (SSSR count). The third-order valence-electron chi connectivity index (χ3n) is 4.03. The van der Waals surface area contributed by atoms with Crippen LogP contribution in [0.25, 0.3) is 0 Å². The zero-order chi connectivity index (χ0) is 20.3. The molecule has 1 heterocycles. The first-order chi connectivity index (χ1) is 13.3. The molecule has 0 unspecified atom stereocenters. The Balaban J connectivity index is 1.66. The highest BCUT2D eigenvalue weighted by Gasteiger charge is 2.16. The van der Waals surface area contributed by atoms with Crippen molar-refractivity contribution in [3.05, 3.63) is 75.6 Å². The summed E-state index contributed by atoms with van der Waals surface area (Å²) < 4.78 is 38.4. The van der Waals surface area contributed by atoms with Gasteiger partial charge in [-0.2, -0.15) is 0 Å². The second-order valence-electron chi connectivity index (χ2n) is 6.02. The van der Waals surface area contributed by atoms with Crippen molar-refractivity contribution in [3.8, 4) is 0 Å². The van der Waals surface area contributed by atoms with E-state index in [0.29, 0.717) is 22.7 Å². The Kier molecular flexibility index (Phi) is 5.85. The molecular weight excluding hydrogens is 448 g/mol. The van der Waals surface area contributed by atoms with Gasteiger partial charge in [-0.1, -0.05) is 21.1 Å². The molecule has 28 heavy (non-hydrogen) atoms. The van der Waals surface area contributed by atoms with Gasteiger partial charge in [0.1, 0.15) is 12.4 Å². The van der Waals surface area contributed by atoms with E-state index in [1.54, 1.807) is 26.0 Å². The molecule has 0 aliphatic rings. The molecular formula is C19H17BrN2O5S. The molecule has 0 aliphatic carbocycles. The van der Waals surface area contributed by atoms with Crippen LogP contribution in [0.2, 0.25) is 0 Å². The molecule has 2 aromatic carbocycles. The molecule has 0 amide bonds. The molecule has 0 spiro atoms. The maximum atomic E-state index is 12.4. The van der Waals surface area contributed by atoms with Crippen molar-refractivity contribution in [1.82, 2.24) is 5.16 Å². The number of nitrogens with zero attached hydrogens (tertiary/aromatic N) is 1. The molecule has 0 radical (unpaired) electrons. The van der Waals surface area contributed by atoms with Gasteiger partial charge in [0, 0.05) is 10.2 Å². The summed E-state index contributed by atoms with van der Waals surface area (Å²) in [6.07, 6.45) is 0. The molecule has 0 fully saturated rings. The summed E-state index contributed by atoms with van der Waals surface area (Å²) in [6, 6.07) is 12.3. The van der Waals surface area contributed by atoms with Gasteiger partial charge in [0.2, 0.25) is 0 Å². The highest BCUT2D eigenvalue weighted by Crippen LogP contribution is 2.20. The maximum Gasteiger partial charge on any atom is 0.338 e. The minimum atomic E-state index is -3.72. The third-order valence-corrected chi connectivity index (χ3v) is 5.95. The highest BCUT2D eigenvalue weighted by atomic mass is 79.9. The van der Waals surface area contributed by atoms with Gasteiger partial charge in [-0.3, -0.25) is 4.72 Å². The molecule has 9 heteroatoms. The van der Waals surface area contributed by atoms with Gasteiger partial charge in [0.15, 0.2) is 0 Å². The van der Waals surface area contributed by atoms with Crippen molar-refractivity contribution in [3.63, 3.8) is 0 Å². The number of rotatable bonds is 6. The number of halogens is 1. The summed E-state index contributed by atoms with van der Waals surface area (Å²) in [4.78, 5) is 12.3. The number of esters is 1. The van der Waals surface area contributed by atoms with Crippen molar-refractivity contribution in [2.45, 2.75) is 25.3 Å². The molecule has 3 aromatic rings. The van der Waals surface area contributed by atoms with Crippen molar-refractivity contribution < 1.29 is 22.5 Å². The van der Waals surface area contributed by atoms with Crippen LogP contribution < -0.4 is 4.72 Å². The molecule has 1 N–H and O–H groups in total. The second kappa shape index (κ2) is 8.15. The minimum Gasteiger partial charge on any atom is -0.457 e. The first-order valence-corrected chi connectivity index (χ1v) is 10.5. The van der Waals surface area contributed by atoms with Gasteiger partial charge < -0.3 is 9.26 Å². The van der Waals surface area contributed by atoms with Crippen molar-refractivity contribution >= 4 is 37.6 Å². The smallest absolute Gasteiger partial charge is 0.338 e. The summed E-state index contributed by atoms with van der Waals surface area (Å²) in [5.74, 6) is 0.0744. The van der Waals surface area contributed by atoms with Crippen LogP contribution >= 0.6 is 15.9 Å². The predicted octanol–water partition coefficient (Wildman–Crippen LogP) is 4.21. The Morgan fingerprint density at radius 3 is 2.32 bits per heavy atom. The van der Waals surface area contributed by atoms with E-state index in [1.165, 1.54) is 36.4 Å². The molecule has 0 atom stereocenters. The fourth-order valence-corrected chi connectivity index (χ4v) is 3.75. The van der Waals surface area contributed by atoms with Gasteiger partial charge in [0.05, 0.1) is 21.7 Å². The van der Waals surface area contributed by atoms with E-state index in [4.69, 9.17) is 9.26 Å². The Hall–Kier alpha value is -2.65. The Morgan fingerprint density at radius 2 is 1.75 bits per heavy atom. The number of carbonyl (C=O) groups is 1. The largest absolute Gasteiger partial charge is 0.457 e. The van der Waals surface area contributed by atoms with Gasteiger partial charge in [-0.15, -0.1) is 0 Å². The fraction of sp³-hybridized carbons (Fsp3) is 0.158. The van der Waals surface area contributed by atoms with Crippen LogP contribution in [0.5, 0.6) is 0 Å². The number of aromatic nitrogens is 1. The number of ether oxygens (including phenoxy) is 1. The van der Waals surface area contributed by atoms with Crippen LogP contribution in [0.15, 0.2) is 62.4 Å². The van der Waals surface area contributed by atoms with Crippen LogP contribution in [0.1, 0.15) is 27.4 Å². The standard InChI is InChI=1S/C19H17BrN2O5S/c1-12-18(13(2)27-21-12)11-26-19(23)14-3-7-16(8-4-14)22-28(24,25)17-9-5-15(20)6-10-17/h3-10,22H,11H2,1-2H3. The number of aryl methyl sites for hydroxylation is 2. The SMILES string of the molecule is Cc1noc(C)c1COC(=O)c1ccc(NS(=O)(=O)c2ccc(Br)cc2)cc1. The lowest BCUT2D eigenvalue weighted by Gasteiger charge is -2.09. The van der Waals surface area contributed by atoms with E-state index >= 15 is 0 Å². The number of anilines is 1. The van der Waals surface area contributed by atoms with Crippen molar-refractivity contribution in [2.24, 2.45) is 0 Å². The Bertz CT molecular complexity index is 1070. The van der Waals surface area contributed by atoms with Crippen LogP contribution in [-0.2, 0) is 21.4 Å². The van der Waals surface area contributed by atoms with Crippen LogP contribution in [0.4, 0.5) is 5.69 Å². The number of sulfonamides is 1. The molecule has 0 bridgehead atoms. The molecule has 146 valence electrons. The lowest BCUT2D eigenvalue weighted by Crippen LogP contribution is -2.13. The minimum absolute atomic E-state index is 0.0535. The predicted molar refractivity (Wildman–Crippen MR) is 106 cm³/mol. The average molecular weight is 465 g/mol. The number of hydrogen-bond donors (Lipinski definition) is 1. The molecule has 0 aliphatic heterocycles. The fourth-order valence-electron chi connectivity index (χ4n) is 2.43. The van der Waals surface area contributed by atoms with Gasteiger partial charge in [-0.25, -0.2) is 13.2 Å². The zero-order valence-electron chi connectivity index (χ0n) is 15.1. The molecule has 0 saturated heterocycles. The first-order valence-electron chi connectivity index (χ1n) is 8.23. The van der Waals surface area contributed by atoms with Crippen molar-refractivity contribution in [1.29, 1.82) is 0 Å². The highest BCUT2D eigenvalue weighted by molar-refractivity contribution is 9.10. The summed E-state index contributed by atoms with van der Waals surface area (Å²) in [6.45, 7) is 3.57. The third kappa shape index (κ3) is 4.60. The lowest BCUT2D eigenvalue weighted by atomic mass is 10.2. The van der Waals surface area contributed by atoms with Crippen LogP contribution in [-0.4, -0.2) is 19.5 Å². The van der Waals surface area contributed by atoms with E-state index in [1.807, 2.05) is 0 Å². The molecule has 7 nitrogen and oxygen atoms in total. The van der Waals surface area contributed by atoms with E-state index < -0.39 is 16.0 Å². The lowest BCUT2D eigenvalue weighted by molar-refractivity contribution is 0.0471. The van der Waals surface area contributed by atoms with E-state index in [0.717, 1.165) is 10.0 Å². The number of nitrogens with one attached hydrogen (secondary N) is 1. The first kappa shape index (κ1) is 20.1. The Morgan fingerprint density at radius 1 is 1.11 bits per heavy atom. The summed E-state index contributed by atoms with van der Waals surface area (Å²) in [5, 5.41) is 3.81. The van der Waals surface area contributed by atoms with E-state index in [-0.39, 0.29) is 11.5 Å². The van der Waals surface area contributed by atoms with Crippen LogP contribution in [0, 0.1) is 13.8 Å². The monoisotopic (exact) mass is 464 g/mol. The summed E-state index contributed by atoms with van der Waals surface area (Å²) in [5.41, 5.74) is 2.04. The second-order valence-corrected chi connectivity index (χ2v) is 8.61. The number of hydrogen-bond acceptors (Lipinski definition) is 6. The number of carbonyl (C=O) groups excluding carboxylic acids is 1. The maximum absolute atomic E-state index is 12.4. The van der Waals surface area contributed by atoms with Gasteiger partial charge >= 0.3 is 5.97 Å². The zero-order valence-corrected chi connectivity index (χ0v) is 17.5. The Labute approximate surface area is 170 Å². The average Bonchev–Trinajstić information content (AvgIpc) is 2.98. The van der Waals surface area contributed by atoms with Gasteiger partial charge in [0.25, 0.3) is 10.0 Å². The van der Waals surface area contributed by atoms with Crippen LogP contribution in [0.3, 0.4) is 0 Å². The normalized spacial score (nSPS) is 11.2. The van der Waals surface area contributed by atoms with E-state index in [2.05, 4.69) is 25.8 Å². The quantitative estimate of drug-likeness (QED) is 0.548. The topological polar surface area (TPSA) is 98.5 Å². The van der Waals surface area contributed by atoms with Gasteiger partial charge in [-0.05, 0) is 62.4 Å². The van der Waals surface area contributed by atoms with Crippen molar-refractivity contribution in [2.75, 3.05) is 4.72 Å². The molecule has 1 aromatic heterocycles. The number of benzene rings is 2. The summed E-state index contributed by atoms with van der Waals surface area (Å²) >= 11 is 3.27. The molecule has 0 saturated carbocycles.